The minimum atomic E-state index is -4.53. The summed E-state index contributed by atoms with van der Waals surface area (Å²) in [5.41, 5.74) is -0.373. The van der Waals surface area contributed by atoms with E-state index in [2.05, 4.69) is 5.32 Å². The van der Waals surface area contributed by atoms with Crippen molar-refractivity contribution in [3.63, 3.8) is 0 Å². The standard InChI is InChI=1S/C16H12F3NO3/c17-16(18,19)12-7-4-8-13(9-12)20-14(21)15(22)23-10-11-5-2-1-3-6-11/h1-9H,10H2,(H,20,21). The lowest BCUT2D eigenvalue weighted by Crippen LogP contribution is -2.25. The van der Waals surface area contributed by atoms with E-state index in [1.807, 2.05) is 0 Å². The first-order valence-electron chi connectivity index (χ1n) is 6.55. The number of alkyl halides is 3. The summed E-state index contributed by atoms with van der Waals surface area (Å²) in [6.07, 6.45) is -4.53. The minimum absolute atomic E-state index is 0.102. The summed E-state index contributed by atoms with van der Waals surface area (Å²) >= 11 is 0. The first-order valence-corrected chi connectivity index (χ1v) is 6.55. The van der Waals surface area contributed by atoms with Gasteiger partial charge in [-0.1, -0.05) is 36.4 Å². The molecule has 1 N–H and O–H groups in total. The van der Waals surface area contributed by atoms with Crippen molar-refractivity contribution in [3.05, 3.63) is 65.7 Å². The predicted octanol–water partition coefficient (Wildman–Crippen LogP) is 3.39. The minimum Gasteiger partial charge on any atom is -0.454 e. The van der Waals surface area contributed by atoms with Crippen molar-refractivity contribution < 1.29 is 27.5 Å². The lowest BCUT2D eigenvalue weighted by atomic mass is 10.2. The fourth-order valence-electron chi connectivity index (χ4n) is 1.74. The highest BCUT2D eigenvalue weighted by molar-refractivity contribution is 6.37. The van der Waals surface area contributed by atoms with Gasteiger partial charge in [0.25, 0.3) is 0 Å². The molecule has 0 radical (unpaired) electrons. The molecule has 4 nitrogen and oxygen atoms in total. The van der Waals surface area contributed by atoms with Crippen molar-refractivity contribution >= 4 is 17.6 Å². The normalized spacial score (nSPS) is 10.9. The van der Waals surface area contributed by atoms with Crippen LogP contribution < -0.4 is 5.32 Å². The van der Waals surface area contributed by atoms with Crippen LogP contribution in [0.15, 0.2) is 54.6 Å². The average molecular weight is 323 g/mol. The molecule has 2 aromatic rings. The third-order valence-electron chi connectivity index (χ3n) is 2.85. The fraction of sp³-hybridized carbons (Fsp3) is 0.125. The molecule has 0 saturated heterocycles. The number of carbonyl (C=O) groups is 2. The average Bonchev–Trinajstić information content (AvgIpc) is 2.53. The second-order valence-electron chi connectivity index (χ2n) is 4.59. The van der Waals surface area contributed by atoms with Crippen molar-refractivity contribution in [1.29, 1.82) is 0 Å². The molecule has 120 valence electrons. The molecule has 7 heteroatoms. The largest absolute Gasteiger partial charge is 0.454 e. The third-order valence-corrected chi connectivity index (χ3v) is 2.85. The van der Waals surface area contributed by atoms with Gasteiger partial charge >= 0.3 is 18.1 Å². The van der Waals surface area contributed by atoms with E-state index < -0.39 is 23.6 Å². The summed E-state index contributed by atoms with van der Waals surface area (Å²) in [6.45, 7) is -0.102. The van der Waals surface area contributed by atoms with Crippen LogP contribution in [0.1, 0.15) is 11.1 Å². The molecule has 0 saturated carbocycles. The van der Waals surface area contributed by atoms with E-state index in [1.165, 1.54) is 6.07 Å². The van der Waals surface area contributed by atoms with E-state index in [1.54, 1.807) is 30.3 Å². The van der Waals surface area contributed by atoms with Gasteiger partial charge < -0.3 is 10.1 Å². The van der Waals surface area contributed by atoms with Gasteiger partial charge in [-0.2, -0.15) is 13.2 Å². The number of nitrogens with one attached hydrogen (secondary N) is 1. The van der Waals surface area contributed by atoms with Crippen LogP contribution in [-0.2, 0) is 27.1 Å². The van der Waals surface area contributed by atoms with Gasteiger partial charge in [0.05, 0.1) is 5.56 Å². The van der Waals surface area contributed by atoms with Crippen molar-refractivity contribution in [2.24, 2.45) is 0 Å². The Hall–Kier alpha value is -2.83. The molecule has 2 aromatic carbocycles. The molecule has 0 fully saturated rings. The number of halogens is 3. The molecule has 0 aliphatic heterocycles. The van der Waals surface area contributed by atoms with Crippen LogP contribution in [0.2, 0.25) is 0 Å². The van der Waals surface area contributed by atoms with Crippen LogP contribution in [0.4, 0.5) is 18.9 Å². The monoisotopic (exact) mass is 323 g/mol. The Morgan fingerprint density at radius 3 is 2.35 bits per heavy atom. The predicted molar refractivity (Wildman–Crippen MR) is 76.3 cm³/mol. The fourth-order valence-corrected chi connectivity index (χ4v) is 1.74. The quantitative estimate of drug-likeness (QED) is 0.696. The number of hydrogen-bond acceptors (Lipinski definition) is 3. The summed E-state index contributed by atoms with van der Waals surface area (Å²) < 4.78 is 42.5. The number of carbonyl (C=O) groups excluding carboxylic acids is 2. The number of anilines is 1. The molecular formula is C16H12F3NO3. The van der Waals surface area contributed by atoms with Gasteiger partial charge in [-0.3, -0.25) is 4.79 Å². The van der Waals surface area contributed by atoms with Crippen LogP contribution in [0.3, 0.4) is 0 Å². The van der Waals surface area contributed by atoms with Crippen molar-refractivity contribution in [3.8, 4) is 0 Å². The summed E-state index contributed by atoms with van der Waals surface area (Å²) in [7, 11) is 0. The maximum Gasteiger partial charge on any atom is 0.416 e. The van der Waals surface area contributed by atoms with Gasteiger partial charge in [0.1, 0.15) is 6.61 Å². The lowest BCUT2D eigenvalue weighted by molar-refractivity contribution is -0.153. The van der Waals surface area contributed by atoms with Gasteiger partial charge in [-0.15, -0.1) is 0 Å². The van der Waals surface area contributed by atoms with Gasteiger partial charge in [0.2, 0.25) is 0 Å². The third kappa shape index (κ3) is 4.84. The molecule has 1 amide bonds. The first kappa shape index (κ1) is 16.5. The highest BCUT2D eigenvalue weighted by Crippen LogP contribution is 2.30. The first-order chi connectivity index (χ1) is 10.9. The summed E-state index contributed by atoms with van der Waals surface area (Å²) in [6, 6.07) is 12.7. The number of esters is 1. The van der Waals surface area contributed by atoms with Gasteiger partial charge in [0.15, 0.2) is 0 Å². The Morgan fingerprint density at radius 2 is 1.70 bits per heavy atom. The van der Waals surface area contributed by atoms with Crippen LogP contribution in [0.25, 0.3) is 0 Å². The van der Waals surface area contributed by atoms with E-state index in [-0.39, 0.29) is 12.3 Å². The number of benzene rings is 2. The summed E-state index contributed by atoms with van der Waals surface area (Å²) in [5.74, 6) is -2.31. The highest BCUT2D eigenvalue weighted by atomic mass is 19.4. The Morgan fingerprint density at radius 1 is 1.00 bits per heavy atom. The zero-order valence-corrected chi connectivity index (χ0v) is 11.8. The van der Waals surface area contributed by atoms with Crippen molar-refractivity contribution in [2.75, 3.05) is 5.32 Å². The Balaban J connectivity index is 1.95. The van der Waals surface area contributed by atoms with Crippen LogP contribution in [0.5, 0.6) is 0 Å². The Kier molecular flexibility index (Phi) is 5.00. The Labute approximate surface area is 129 Å². The van der Waals surface area contributed by atoms with Gasteiger partial charge in [0, 0.05) is 5.69 Å². The second kappa shape index (κ2) is 6.95. The zero-order chi connectivity index (χ0) is 16.9. The van der Waals surface area contributed by atoms with E-state index >= 15 is 0 Å². The molecule has 0 bridgehead atoms. The zero-order valence-electron chi connectivity index (χ0n) is 11.8. The maximum absolute atomic E-state index is 12.6. The van der Waals surface area contributed by atoms with E-state index in [4.69, 9.17) is 4.74 Å². The van der Waals surface area contributed by atoms with Gasteiger partial charge in [-0.05, 0) is 23.8 Å². The molecular weight excluding hydrogens is 311 g/mol. The van der Waals surface area contributed by atoms with E-state index in [0.29, 0.717) is 5.56 Å². The van der Waals surface area contributed by atoms with Crippen molar-refractivity contribution in [2.45, 2.75) is 12.8 Å². The molecule has 0 aromatic heterocycles. The van der Waals surface area contributed by atoms with Crippen LogP contribution in [0, 0.1) is 0 Å². The number of amides is 1. The summed E-state index contributed by atoms with van der Waals surface area (Å²) in [4.78, 5) is 23.2. The number of hydrogen-bond donors (Lipinski definition) is 1. The van der Waals surface area contributed by atoms with E-state index in [0.717, 1.165) is 18.2 Å². The van der Waals surface area contributed by atoms with Crippen LogP contribution >= 0.6 is 0 Å². The summed E-state index contributed by atoms with van der Waals surface area (Å²) in [5, 5.41) is 2.08. The number of ether oxygens (including phenoxy) is 1. The topological polar surface area (TPSA) is 55.4 Å². The highest BCUT2D eigenvalue weighted by Gasteiger charge is 2.30. The van der Waals surface area contributed by atoms with Gasteiger partial charge in [-0.25, -0.2) is 4.79 Å². The lowest BCUT2D eigenvalue weighted by Gasteiger charge is -2.09. The molecule has 0 unspecified atom stereocenters. The smallest absolute Gasteiger partial charge is 0.416 e. The Bertz CT molecular complexity index is 699. The SMILES string of the molecule is O=C(Nc1cccc(C(F)(F)F)c1)C(=O)OCc1ccccc1. The van der Waals surface area contributed by atoms with E-state index in [9.17, 15) is 22.8 Å². The molecule has 0 heterocycles. The molecule has 23 heavy (non-hydrogen) atoms. The molecule has 0 aliphatic carbocycles. The molecule has 0 spiro atoms. The second-order valence-corrected chi connectivity index (χ2v) is 4.59. The van der Waals surface area contributed by atoms with Crippen molar-refractivity contribution in [1.82, 2.24) is 0 Å². The van der Waals surface area contributed by atoms with Crippen LogP contribution in [-0.4, -0.2) is 11.9 Å². The maximum atomic E-state index is 12.6. The molecule has 2 rings (SSSR count). The molecule has 0 aliphatic rings. The number of rotatable bonds is 3. The molecule has 0 atom stereocenters.